The lowest BCUT2D eigenvalue weighted by Crippen LogP contribution is -2.58. The third-order valence-corrected chi connectivity index (χ3v) is 6.60. The van der Waals surface area contributed by atoms with Crippen molar-refractivity contribution in [2.24, 2.45) is 5.16 Å². The lowest BCUT2D eigenvalue weighted by molar-refractivity contribution is -0.136. The van der Waals surface area contributed by atoms with Gasteiger partial charge in [0.1, 0.15) is 18.0 Å². The first-order valence-electron chi connectivity index (χ1n) is 12.3. The maximum absolute atomic E-state index is 10.8. The van der Waals surface area contributed by atoms with Gasteiger partial charge >= 0.3 is 5.97 Å². The molecule has 0 aromatic heterocycles. The van der Waals surface area contributed by atoms with Crippen molar-refractivity contribution >= 4 is 17.9 Å². The van der Waals surface area contributed by atoms with Crippen molar-refractivity contribution in [2.45, 2.75) is 6.42 Å². The van der Waals surface area contributed by atoms with Gasteiger partial charge in [0.2, 0.25) is 0 Å². The van der Waals surface area contributed by atoms with Gasteiger partial charge in [-0.25, -0.2) is 0 Å². The summed E-state index contributed by atoms with van der Waals surface area (Å²) in [6.45, 7) is 5.52. The molecule has 188 valence electrons. The van der Waals surface area contributed by atoms with Crippen LogP contribution in [0.15, 0.2) is 84.0 Å². The van der Waals surface area contributed by atoms with E-state index in [4.69, 9.17) is 14.7 Å². The summed E-state index contributed by atoms with van der Waals surface area (Å²) in [6.07, 6.45) is 1.78. The number of oxime groups is 1. The largest absolute Gasteiger partial charge is 0.490 e. The van der Waals surface area contributed by atoms with E-state index in [0.29, 0.717) is 24.5 Å². The van der Waals surface area contributed by atoms with Crippen LogP contribution in [0, 0.1) is 0 Å². The number of quaternary nitrogens is 1. The van der Waals surface area contributed by atoms with E-state index in [1.165, 1.54) is 16.8 Å². The average molecular weight is 489 g/mol. The fourth-order valence-corrected chi connectivity index (χ4v) is 4.40. The van der Waals surface area contributed by atoms with Gasteiger partial charge in [0, 0.05) is 19.6 Å². The molecule has 3 aromatic carbocycles. The number of aliphatic carboxylic acids is 1. The fraction of sp³-hybridized carbons (Fsp3) is 0.310. The molecule has 1 saturated heterocycles. The van der Waals surface area contributed by atoms with E-state index in [0.717, 1.165) is 37.2 Å². The highest BCUT2D eigenvalue weighted by atomic mass is 16.6. The van der Waals surface area contributed by atoms with Crippen molar-refractivity contribution in [1.29, 1.82) is 0 Å². The van der Waals surface area contributed by atoms with E-state index in [1.54, 1.807) is 30.5 Å². The number of piperazine rings is 1. The molecule has 0 bridgehead atoms. The van der Waals surface area contributed by atoms with Crippen molar-refractivity contribution < 1.29 is 19.5 Å². The minimum absolute atomic E-state index is 0.0208. The van der Waals surface area contributed by atoms with Crippen LogP contribution in [0.4, 0.5) is 5.69 Å². The average Bonchev–Trinajstić information content (AvgIpc) is 2.90. The Morgan fingerprint density at radius 1 is 0.972 bits per heavy atom. The summed E-state index contributed by atoms with van der Waals surface area (Å²) in [5.74, 6) is -0.231. The smallest absolute Gasteiger partial charge is 0.307 e. The van der Waals surface area contributed by atoms with Crippen LogP contribution in [-0.2, 0) is 16.1 Å². The molecule has 3 aromatic rings. The number of carboxylic acids is 1. The van der Waals surface area contributed by atoms with Gasteiger partial charge in [0.15, 0.2) is 6.61 Å². The quantitative estimate of drug-likeness (QED) is 0.188. The third-order valence-electron chi connectivity index (χ3n) is 6.60. The van der Waals surface area contributed by atoms with Gasteiger partial charge in [0.05, 0.1) is 32.8 Å². The van der Waals surface area contributed by atoms with Crippen LogP contribution in [0.1, 0.15) is 5.56 Å². The van der Waals surface area contributed by atoms with E-state index in [9.17, 15) is 4.79 Å². The Hall–Kier alpha value is -3.68. The number of ether oxygens (including phenoxy) is 1. The standard InChI is InChI=1S/C29H33N3O4/c1-32(27-12-10-26(11-13-27)25-7-3-2-4-8-25)18-16-31(17-19-32)15-14-30-36-21-20-35-28-9-5-6-24(22-28)23-29(33)34/h2-14,22H,15-21,23H2,1H3/p+1/b30-14-. The SMILES string of the molecule is C[N+]1(c2ccc(-c3ccccc3)cc2)CCN(C/C=N\OCCOc2cccc(CC(=O)O)c2)CC1. The van der Waals surface area contributed by atoms with E-state index >= 15 is 0 Å². The molecular weight excluding hydrogens is 454 g/mol. The number of carbonyl (C=O) groups is 1. The summed E-state index contributed by atoms with van der Waals surface area (Å²) in [7, 11) is 2.31. The lowest BCUT2D eigenvalue weighted by Gasteiger charge is -2.41. The van der Waals surface area contributed by atoms with Crippen molar-refractivity contribution in [3.63, 3.8) is 0 Å². The van der Waals surface area contributed by atoms with Crippen LogP contribution < -0.4 is 9.22 Å². The Morgan fingerprint density at radius 2 is 1.69 bits per heavy atom. The molecule has 36 heavy (non-hydrogen) atoms. The van der Waals surface area contributed by atoms with Gasteiger partial charge in [-0.1, -0.05) is 47.6 Å². The highest BCUT2D eigenvalue weighted by Gasteiger charge is 2.30. The maximum atomic E-state index is 10.8. The molecule has 7 nitrogen and oxygen atoms in total. The number of likely N-dealkylation sites (N-methyl/N-ethyl adjacent to an activating group) is 1. The zero-order valence-electron chi connectivity index (χ0n) is 20.8. The molecule has 1 aliphatic heterocycles. The Labute approximate surface area is 212 Å². The zero-order chi connectivity index (χ0) is 25.2. The van der Waals surface area contributed by atoms with E-state index in [-0.39, 0.29) is 6.42 Å². The Bertz CT molecular complexity index is 1140. The van der Waals surface area contributed by atoms with Crippen molar-refractivity contribution in [2.75, 3.05) is 53.0 Å². The molecule has 0 spiro atoms. The van der Waals surface area contributed by atoms with Crippen LogP contribution >= 0.6 is 0 Å². The first-order chi connectivity index (χ1) is 17.5. The number of hydrogen-bond donors (Lipinski definition) is 1. The van der Waals surface area contributed by atoms with Crippen molar-refractivity contribution in [3.8, 4) is 16.9 Å². The Kier molecular flexibility index (Phi) is 8.71. The van der Waals surface area contributed by atoms with Crippen LogP contribution in [0.5, 0.6) is 5.75 Å². The molecule has 4 rings (SSSR count). The van der Waals surface area contributed by atoms with Crippen molar-refractivity contribution in [3.05, 3.63) is 84.4 Å². The highest BCUT2D eigenvalue weighted by molar-refractivity contribution is 5.70. The third kappa shape index (κ3) is 7.16. The summed E-state index contributed by atoms with van der Waals surface area (Å²) < 4.78 is 6.55. The van der Waals surface area contributed by atoms with Gasteiger partial charge in [-0.2, -0.15) is 0 Å². The molecule has 1 N–H and O–H groups in total. The zero-order valence-corrected chi connectivity index (χ0v) is 20.8. The maximum Gasteiger partial charge on any atom is 0.307 e. The Balaban J connectivity index is 1.15. The second-order valence-electron chi connectivity index (χ2n) is 9.24. The molecule has 0 saturated carbocycles. The molecule has 1 aliphatic rings. The van der Waals surface area contributed by atoms with Gasteiger partial charge in [-0.15, -0.1) is 0 Å². The summed E-state index contributed by atoms with van der Waals surface area (Å²) in [6, 6.07) is 26.5. The number of rotatable bonds is 11. The predicted octanol–water partition coefficient (Wildman–Crippen LogP) is 4.31. The molecule has 7 heteroatoms. The number of nitrogens with zero attached hydrogens (tertiary/aromatic N) is 3. The minimum Gasteiger partial charge on any atom is -0.490 e. The highest BCUT2D eigenvalue weighted by Crippen LogP contribution is 2.27. The molecule has 0 unspecified atom stereocenters. The lowest BCUT2D eigenvalue weighted by atomic mass is 10.0. The van der Waals surface area contributed by atoms with Crippen LogP contribution in [0.3, 0.4) is 0 Å². The normalized spacial score (nSPS) is 15.6. The molecule has 0 radical (unpaired) electrons. The molecular formula is C29H34N3O4+. The summed E-state index contributed by atoms with van der Waals surface area (Å²) in [5.41, 5.74) is 4.55. The Morgan fingerprint density at radius 3 is 2.42 bits per heavy atom. The molecule has 0 amide bonds. The number of hydrogen-bond acceptors (Lipinski definition) is 5. The molecule has 1 heterocycles. The first-order valence-corrected chi connectivity index (χ1v) is 12.3. The second kappa shape index (κ2) is 12.3. The molecule has 0 aliphatic carbocycles. The van der Waals surface area contributed by atoms with E-state index in [1.807, 2.05) is 6.07 Å². The number of benzene rings is 3. The summed E-state index contributed by atoms with van der Waals surface area (Å²) in [4.78, 5) is 18.5. The van der Waals surface area contributed by atoms with Gasteiger partial charge in [0.25, 0.3) is 0 Å². The van der Waals surface area contributed by atoms with Gasteiger partial charge in [-0.05, 0) is 53.1 Å². The molecule has 0 atom stereocenters. The monoisotopic (exact) mass is 488 g/mol. The van der Waals surface area contributed by atoms with Crippen molar-refractivity contribution in [1.82, 2.24) is 9.38 Å². The number of carboxylic acid groups (broad SMARTS) is 1. The first kappa shape index (κ1) is 25.4. The van der Waals surface area contributed by atoms with Crippen LogP contribution in [0.2, 0.25) is 0 Å². The van der Waals surface area contributed by atoms with Crippen LogP contribution in [-0.4, -0.2) is 75.2 Å². The molecule has 1 fully saturated rings. The summed E-state index contributed by atoms with van der Waals surface area (Å²) >= 11 is 0. The second-order valence-corrected chi connectivity index (χ2v) is 9.24. The van der Waals surface area contributed by atoms with E-state index < -0.39 is 5.97 Å². The topological polar surface area (TPSA) is 71.4 Å². The minimum atomic E-state index is -0.861. The summed E-state index contributed by atoms with van der Waals surface area (Å²) in [5, 5.41) is 12.9. The fourth-order valence-electron chi connectivity index (χ4n) is 4.40. The van der Waals surface area contributed by atoms with Gasteiger partial charge in [-0.3, -0.25) is 14.2 Å². The van der Waals surface area contributed by atoms with Gasteiger partial charge < -0.3 is 14.7 Å². The predicted molar refractivity (Wildman–Crippen MR) is 143 cm³/mol. The van der Waals surface area contributed by atoms with E-state index in [2.05, 4.69) is 65.6 Å². The van der Waals surface area contributed by atoms with Crippen LogP contribution in [0.25, 0.3) is 11.1 Å².